The summed E-state index contributed by atoms with van der Waals surface area (Å²) in [6, 6.07) is 4.56. The van der Waals surface area contributed by atoms with Gasteiger partial charge in [0, 0.05) is 44.8 Å². The Morgan fingerprint density at radius 3 is 2.04 bits per heavy atom. The van der Waals surface area contributed by atoms with Crippen molar-refractivity contribution >= 4 is 5.96 Å². The lowest BCUT2D eigenvalue weighted by Crippen LogP contribution is -2.45. The van der Waals surface area contributed by atoms with Gasteiger partial charge in [0.2, 0.25) is 0 Å². The average molecular weight is 340 g/mol. The molecule has 1 aromatic carbocycles. The molecule has 0 aliphatic heterocycles. The Morgan fingerprint density at radius 2 is 1.54 bits per heavy atom. The van der Waals surface area contributed by atoms with E-state index in [0.29, 0.717) is 36.6 Å². The molecule has 1 rings (SSSR count). The van der Waals surface area contributed by atoms with Crippen LogP contribution >= 0.6 is 0 Å². The molecule has 0 aromatic heterocycles. The van der Waals surface area contributed by atoms with Crippen LogP contribution < -0.4 is 10.6 Å². The lowest BCUT2D eigenvalue weighted by Gasteiger charge is -2.30. The van der Waals surface area contributed by atoms with Gasteiger partial charge < -0.3 is 10.6 Å². The molecule has 0 unspecified atom stereocenters. The van der Waals surface area contributed by atoms with E-state index >= 15 is 0 Å². The highest BCUT2D eigenvalue weighted by molar-refractivity contribution is 5.79. The number of halogens is 2. The van der Waals surface area contributed by atoms with Gasteiger partial charge in [0.1, 0.15) is 11.6 Å². The Labute approximate surface area is 144 Å². The third-order valence-electron chi connectivity index (χ3n) is 3.84. The molecule has 0 radical (unpaired) electrons. The summed E-state index contributed by atoms with van der Waals surface area (Å²) in [5.41, 5.74) is 0.626. The molecule has 1 aromatic rings. The molecule has 0 amide bonds. The lowest BCUT2D eigenvalue weighted by molar-refractivity contribution is 0.178. The molecule has 2 N–H and O–H groups in total. The first-order valence-electron chi connectivity index (χ1n) is 8.48. The number of hydrogen-bond acceptors (Lipinski definition) is 2. The molecule has 0 bridgehead atoms. The fraction of sp³-hybridized carbons (Fsp3) is 0.611. The number of hydrogen-bond donors (Lipinski definition) is 2. The highest BCUT2D eigenvalue weighted by Gasteiger charge is 2.12. The smallest absolute Gasteiger partial charge is 0.191 e. The van der Waals surface area contributed by atoms with Crippen LogP contribution in [0.2, 0.25) is 0 Å². The maximum absolute atomic E-state index is 13.2. The molecule has 4 nitrogen and oxygen atoms in total. The zero-order valence-electron chi connectivity index (χ0n) is 15.4. The highest BCUT2D eigenvalue weighted by atomic mass is 19.1. The maximum Gasteiger partial charge on any atom is 0.191 e. The van der Waals surface area contributed by atoms with Crippen LogP contribution in [0.5, 0.6) is 0 Å². The van der Waals surface area contributed by atoms with Crippen LogP contribution in [0.15, 0.2) is 23.2 Å². The van der Waals surface area contributed by atoms with Gasteiger partial charge >= 0.3 is 0 Å². The van der Waals surface area contributed by atoms with E-state index < -0.39 is 11.6 Å². The predicted octanol–water partition coefficient (Wildman–Crippen LogP) is 2.79. The molecule has 0 aliphatic carbocycles. The second-order valence-electron chi connectivity index (χ2n) is 6.38. The molecule has 0 saturated carbocycles. The third-order valence-corrected chi connectivity index (χ3v) is 3.84. The highest BCUT2D eigenvalue weighted by Crippen LogP contribution is 2.08. The van der Waals surface area contributed by atoms with Gasteiger partial charge in [0.15, 0.2) is 5.96 Å². The van der Waals surface area contributed by atoms with E-state index in [9.17, 15) is 8.78 Å². The summed E-state index contributed by atoms with van der Waals surface area (Å²) in [5.74, 6) is -0.399. The number of aliphatic imine (C=N–C) groups is 1. The van der Waals surface area contributed by atoms with Crippen molar-refractivity contribution in [3.63, 3.8) is 0 Å². The Balaban J connectivity index is 2.37. The molecule has 0 fully saturated rings. The predicted molar refractivity (Wildman–Crippen MR) is 96.4 cm³/mol. The molecule has 136 valence electrons. The summed E-state index contributed by atoms with van der Waals surface area (Å²) < 4.78 is 26.3. The normalized spacial score (nSPS) is 12.3. The van der Waals surface area contributed by atoms with E-state index in [-0.39, 0.29) is 0 Å². The quantitative estimate of drug-likeness (QED) is 0.565. The third kappa shape index (κ3) is 7.25. The fourth-order valence-corrected chi connectivity index (χ4v) is 2.72. The van der Waals surface area contributed by atoms with Crippen LogP contribution in [0.3, 0.4) is 0 Å². The van der Waals surface area contributed by atoms with Crippen molar-refractivity contribution in [2.45, 2.75) is 46.2 Å². The number of rotatable bonds is 8. The van der Waals surface area contributed by atoms with E-state index in [2.05, 4.69) is 48.2 Å². The molecule has 0 heterocycles. The van der Waals surface area contributed by atoms with Gasteiger partial charge in [-0.05, 0) is 51.8 Å². The SMILES string of the molecule is CN=C(NCCc1cc(F)cc(F)c1)NCCN(C(C)C)C(C)C. The second kappa shape index (κ2) is 10.2. The van der Waals surface area contributed by atoms with Crippen LogP contribution in [0.25, 0.3) is 0 Å². The van der Waals surface area contributed by atoms with Gasteiger partial charge in [0.25, 0.3) is 0 Å². The zero-order valence-corrected chi connectivity index (χ0v) is 15.4. The summed E-state index contributed by atoms with van der Waals surface area (Å²) in [5, 5.41) is 6.43. The van der Waals surface area contributed by atoms with Crippen molar-refractivity contribution in [3.8, 4) is 0 Å². The van der Waals surface area contributed by atoms with E-state index in [1.165, 1.54) is 12.1 Å². The van der Waals surface area contributed by atoms with Gasteiger partial charge in [0.05, 0.1) is 0 Å². The number of nitrogens with one attached hydrogen (secondary N) is 2. The van der Waals surface area contributed by atoms with Crippen LogP contribution in [0.4, 0.5) is 8.78 Å². The number of benzene rings is 1. The summed E-state index contributed by atoms with van der Waals surface area (Å²) in [4.78, 5) is 6.57. The van der Waals surface area contributed by atoms with Crippen molar-refractivity contribution in [2.24, 2.45) is 4.99 Å². The molecule has 0 spiro atoms. The average Bonchev–Trinajstić information content (AvgIpc) is 2.47. The first-order valence-corrected chi connectivity index (χ1v) is 8.48. The summed E-state index contributed by atoms with van der Waals surface area (Å²) >= 11 is 0. The van der Waals surface area contributed by atoms with Crippen molar-refractivity contribution in [1.82, 2.24) is 15.5 Å². The van der Waals surface area contributed by atoms with Crippen LogP contribution in [0, 0.1) is 11.6 Å². The van der Waals surface area contributed by atoms with Crippen molar-refractivity contribution < 1.29 is 8.78 Å². The van der Waals surface area contributed by atoms with Gasteiger partial charge in [-0.2, -0.15) is 0 Å². The van der Waals surface area contributed by atoms with Crippen molar-refractivity contribution in [3.05, 3.63) is 35.4 Å². The Hall–Kier alpha value is -1.69. The summed E-state index contributed by atoms with van der Waals surface area (Å²) in [6.45, 7) is 11.0. The molecule has 0 atom stereocenters. The van der Waals surface area contributed by atoms with E-state index in [4.69, 9.17) is 0 Å². The molecule has 24 heavy (non-hydrogen) atoms. The summed E-state index contributed by atoms with van der Waals surface area (Å²) in [6.07, 6.45) is 0.527. The maximum atomic E-state index is 13.2. The van der Waals surface area contributed by atoms with Crippen LogP contribution in [0.1, 0.15) is 33.3 Å². The molecule has 0 aliphatic rings. The zero-order chi connectivity index (χ0) is 18.1. The van der Waals surface area contributed by atoms with Crippen LogP contribution in [-0.2, 0) is 6.42 Å². The lowest BCUT2D eigenvalue weighted by atomic mass is 10.1. The Morgan fingerprint density at radius 1 is 1.00 bits per heavy atom. The van der Waals surface area contributed by atoms with Crippen molar-refractivity contribution in [1.29, 1.82) is 0 Å². The second-order valence-corrected chi connectivity index (χ2v) is 6.38. The Kier molecular flexibility index (Phi) is 8.68. The van der Waals surface area contributed by atoms with E-state index in [1.54, 1.807) is 7.05 Å². The van der Waals surface area contributed by atoms with Gasteiger partial charge in [-0.25, -0.2) is 8.78 Å². The van der Waals surface area contributed by atoms with Gasteiger partial charge in [-0.1, -0.05) is 0 Å². The Bertz CT molecular complexity index is 502. The fourth-order valence-electron chi connectivity index (χ4n) is 2.72. The monoisotopic (exact) mass is 340 g/mol. The summed E-state index contributed by atoms with van der Waals surface area (Å²) in [7, 11) is 1.71. The largest absolute Gasteiger partial charge is 0.356 e. The first-order chi connectivity index (χ1) is 11.3. The van der Waals surface area contributed by atoms with Crippen molar-refractivity contribution in [2.75, 3.05) is 26.7 Å². The van der Waals surface area contributed by atoms with Crippen LogP contribution in [-0.4, -0.2) is 49.6 Å². The molecular weight excluding hydrogens is 310 g/mol. The molecule has 0 saturated heterocycles. The number of guanidine groups is 1. The molecule has 6 heteroatoms. The number of nitrogens with zero attached hydrogens (tertiary/aromatic N) is 2. The minimum absolute atomic E-state index is 0.490. The minimum Gasteiger partial charge on any atom is -0.356 e. The first kappa shape index (κ1) is 20.4. The molecular formula is C18H30F2N4. The van der Waals surface area contributed by atoms with Gasteiger partial charge in [-0.15, -0.1) is 0 Å². The standard InChI is InChI=1S/C18H30F2N4/c1-13(2)24(14(3)4)9-8-23-18(21-5)22-7-6-15-10-16(19)12-17(20)11-15/h10-14H,6-9H2,1-5H3,(H2,21,22,23). The van der Waals surface area contributed by atoms with E-state index in [0.717, 1.165) is 19.2 Å². The van der Waals surface area contributed by atoms with E-state index in [1.807, 2.05) is 0 Å². The minimum atomic E-state index is -0.546. The van der Waals surface area contributed by atoms with Gasteiger partial charge in [-0.3, -0.25) is 9.89 Å². The topological polar surface area (TPSA) is 39.7 Å².